The Balaban J connectivity index is 2.06. The fourth-order valence-electron chi connectivity index (χ4n) is 2.76. The van der Waals surface area contributed by atoms with Crippen molar-refractivity contribution in [2.75, 3.05) is 19.6 Å². The second-order valence-electron chi connectivity index (χ2n) is 5.41. The van der Waals surface area contributed by atoms with Crippen molar-refractivity contribution < 1.29 is 0 Å². The van der Waals surface area contributed by atoms with Crippen molar-refractivity contribution in [1.29, 1.82) is 0 Å². The number of aromatic nitrogens is 2. The number of halogens is 1. The van der Waals surface area contributed by atoms with Gasteiger partial charge in [-0.1, -0.05) is 43.6 Å². The van der Waals surface area contributed by atoms with E-state index in [1.807, 2.05) is 36.3 Å². The van der Waals surface area contributed by atoms with Crippen molar-refractivity contribution >= 4 is 11.6 Å². The molecule has 1 heterocycles. The Bertz CT molecular complexity index is 578. The van der Waals surface area contributed by atoms with Crippen molar-refractivity contribution in [2.45, 2.75) is 26.4 Å². The third kappa shape index (κ3) is 4.32. The van der Waals surface area contributed by atoms with E-state index in [2.05, 4.69) is 41.3 Å². The first-order valence-corrected chi connectivity index (χ1v) is 8.20. The van der Waals surface area contributed by atoms with Crippen molar-refractivity contribution in [1.82, 2.24) is 20.0 Å². The molecular formula is C17H25ClN4. The van der Waals surface area contributed by atoms with Crippen LogP contribution in [0.3, 0.4) is 0 Å². The summed E-state index contributed by atoms with van der Waals surface area (Å²) >= 11 is 6.41. The van der Waals surface area contributed by atoms with E-state index in [0.29, 0.717) is 0 Å². The molecule has 0 aliphatic carbocycles. The highest BCUT2D eigenvalue weighted by atomic mass is 35.5. The summed E-state index contributed by atoms with van der Waals surface area (Å²) in [6.45, 7) is 8.06. The number of benzene rings is 1. The summed E-state index contributed by atoms with van der Waals surface area (Å²) in [6.07, 6.45) is 3.93. The van der Waals surface area contributed by atoms with Crippen LogP contribution in [0.5, 0.6) is 0 Å². The van der Waals surface area contributed by atoms with E-state index in [-0.39, 0.29) is 6.04 Å². The molecule has 1 aromatic heterocycles. The summed E-state index contributed by atoms with van der Waals surface area (Å²) in [5.74, 6) is 0. The predicted octanol–water partition coefficient (Wildman–Crippen LogP) is 3.25. The van der Waals surface area contributed by atoms with Gasteiger partial charge in [-0.25, -0.2) is 0 Å². The number of nitrogens with one attached hydrogen (secondary N) is 1. The zero-order chi connectivity index (χ0) is 15.9. The third-order valence-corrected chi connectivity index (χ3v) is 4.29. The molecule has 120 valence electrons. The predicted molar refractivity (Wildman–Crippen MR) is 92.0 cm³/mol. The minimum absolute atomic E-state index is 0.278. The molecule has 0 aliphatic heterocycles. The van der Waals surface area contributed by atoms with Crippen LogP contribution < -0.4 is 5.32 Å². The molecule has 0 bridgehead atoms. The van der Waals surface area contributed by atoms with Crippen molar-refractivity contribution in [3.63, 3.8) is 0 Å². The van der Waals surface area contributed by atoms with Crippen LogP contribution in [0.2, 0.25) is 5.02 Å². The molecule has 1 unspecified atom stereocenters. The molecule has 0 amide bonds. The zero-order valence-corrected chi connectivity index (χ0v) is 14.3. The summed E-state index contributed by atoms with van der Waals surface area (Å²) in [5.41, 5.74) is 2.38. The van der Waals surface area contributed by atoms with Gasteiger partial charge >= 0.3 is 0 Å². The first-order valence-electron chi connectivity index (χ1n) is 7.82. The number of nitrogens with zero attached hydrogens (tertiary/aromatic N) is 3. The van der Waals surface area contributed by atoms with Gasteiger partial charge in [0.15, 0.2) is 0 Å². The van der Waals surface area contributed by atoms with Crippen LogP contribution in [0, 0.1) is 0 Å². The Morgan fingerprint density at radius 2 is 2.00 bits per heavy atom. The molecule has 5 heteroatoms. The van der Waals surface area contributed by atoms with E-state index in [1.165, 1.54) is 11.1 Å². The molecule has 0 aliphatic rings. The molecule has 0 spiro atoms. The zero-order valence-electron chi connectivity index (χ0n) is 13.6. The summed E-state index contributed by atoms with van der Waals surface area (Å²) in [4.78, 5) is 2.43. The van der Waals surface area contributed by atoms with E-state index in [4.69, 9.17) is 11.6 Å². The van der Waals surface area contributed by atoms with Gasteiger partial charge in [0, 0.05) is 43.0 Å². The summed E-state index contributed by atoms with van der Waals surface area (Å²) in [6, 6.07) is 8.40. The quantitative estimate of drug-likeness (QED) is 0.810. The molecule has 0 radical (unpaired) electrons. The minimum atomic E-state index is 0.278. The number of hydrogen-bond acceptors (Lipinski definition) is 3. The molecule has 0 saturated heterocycles. The molecule has 22 heavy (non-hydrogen) atoms. The third-order valence-electron chi connectivity index (χ3n) is 3.94. The van der Waals surface area contributed by atoms with Crippen LogP contribution >= 0.6 is 11.6 Å². The standard InChI is InChI=1S/C17H25ClN4/c1-4-22(5-2)17(15-8-6-7-9-16(15)18)12-19-10-14-11-20-21(3)13-14/h6-9,11,13,17,19H,4-5,10,12H2,1-3H3. The first kappa shape index (κ1) is 17.0. The average molecular weight is 321 g/mol. The molecule has 1 N–H and O–H groups in total. The van der Waals surface area contributed by atoms with Crippen LogP contribution in [0.15, 0.2) is 36.7 Å². The maximum atomic E-state index is 6.41. The monoisotopic (exact) mass is 320 g/mol. The lowest BCUT2D eigenvalue weighted by molar-refractivity contribution is 0.213. The molecule has 1 atom stereocenters. The fourth-order valence-corrected chi connectivity index (χ4v) is 3.02. The van der Waals surface area contributed by atoms with Crippen LogP contribution in [-0.2, 0) is 13.6 Å². The topological polar surface area (TPSA) is 33.1 Å². The second-order valence-corrected chi connectivity index (χ2v) is 5.82. The van der Waals surface area contributed by atoms with Crippen LogP contribution in [0.4, 0.5) is 0 Å². The lowest BCUT2D eigenvalue weighted by atomic mass is 10.0. The highest BCUT2D eigenvalue weighted by Crippen LogP contribution is 2.27. The number of hydrogen-bond donors (Lipinski definition) is 1. The second kappa shape index (κ2) is 8.32. The van der Waals surface area contributed by atoms with Crippen LogP contribution in [0.25, 0.3) is 0 Å². The smallest absolute Gasteiger partial charge is 0.0534 e. The van der Waals surface area contributed by atoms with E-state index in [0.717, 1.165) is 31.2 Å². The Morgan fingerprint density at radius 3 is 2.59 bits per heavy atom. The van der Waals surface area contributed by atoms with Gasteiger partial charge in [-0.05, 0) is 24.7 Å². The molecular weight excluding hydrogens is 296 g/mol. The van der Waals surface area contributed by atoms with Crippen molar-refractivity contribution in [2.24, 2.45) is 7.05 Å². The van der Waals surface area contributed by atoms with Gasteiger partial charge in [-0.2, -0.15) is 5.10 Å². The van der Waals surface area contributed by atoms with Gasteiger partial charge in [0.05, 0.1) is 6.20 Å². The fraction of sp³-hybridized carbons (Fsp3) is 0.471. The number of likely N-dealkylation sites (N-methyl/N-ethyl adjacent to an activating group) is 1. The van der Waals surface area contributed by atoms with Gasteiger partial charge < -0.3 is 5.32 Å². The maximum absolute atomic E-state index is 6.41. The minimum Gasteiger partial charge on any atom is -0.311 e. The van der Waals surface area contributed by atoms with E-state index in [9.17, 15) is 0 Å². The number of rotatable bonds is 8. The highest BCUT2D eigenvalue weighted by molar-refractivity contribution is 6.31. The molecule has 2 rings (SSSR count). The average Bonchev–Trinajstić information content (AvgIpc) is 2.93. The molecule has 4 nitrogen and oxygen atoms in total. The molecule has 0 fully saturated rings. The lowest BCUT2D eigenvalue weighted by Gasteiger charge is -2.31. The van der Waals surface area contributed by atoms with Gasteiger partial charge in [0.1, 0.15) is 0 Å². The van der Waals surface area contributed by atoms with Crippen LogP contribution in [0.1, 0.15) is 31.0 Å². The molecule has 1 aromatic carbocycles. The van der Waals surface area contributed by atoms with Crippen LogP contribution in [-0.4, -0.2) is 34.3 Å². The Hall–Kier alpha value is -1.36. The van der Waals surface area contributed by atoms with Crippen molar-refractivity contribution in [3.05, 3.63) is 52.8 Å². The van der Waals surface area contributed by atoms with E-state index in [1.54, 1.807) is 0 Å². The van der Waals surface area contributed by atoms with E-state index >= 15 is 0 Å². The number of aryl methyl sites for hydroxylation is 1. The van der Waals surface area contributed by atoms with Gasteiger partial charge in [-0.3, -0.25) is 9.58 Å². The SMILES string of the molecule is CCN(CC)C(CNCc1cnn(C)c1)c1ccccc1Cl. The summed E-state index contributed by atoms with van der Waals surface area (Å²) in [7, 11) is 1.94. The maximum Gasteiger partial charge on any atom is 0.0534 e. The highest BCUT2D eigenvalue weighted by Gasteiger charge is 2.19. The molecule has 2 aromatic rings. The lowest BCUT2D eigenvalue weighted by Crippen LogP contribution is -2.35. The first-order chi connectivity index (χ1) is 10.7. The summed E-state index contributed by atoms with van der Waals surface area (Å²) in [5, 5.41) is 8.57. The Labute approximate surface area is 138 Å². The van der Waals surface area contributed by atoms with Crippen molar-refractivity contribution in [3.8, 4) is 0 Å². The van der Waals surface area contributed by atoms with Gasteiger partial charge in [0.2, 0.25) is 0 Å². The summed E-state index contributed by atoms with van der Waals surface area (Å²) < 4.78 is 1.83. The normalized spacial score (nSPS) is 12.8. The Morgan fingerprint density at radius 1 is 1.27 bits per heavy atom. The molecule has 0 saturated carbocycles. The Kier molecular flexibility index (Phi) is 6.43. The van der Waals surface area contributed by atoms with Gasteiger partial charge in [0.25, 0.3) is 0 Å². The van der Waals surface area contributed by atoms with E-state index < -0.39 is 0 Å². The van der Waals surface area contributed by atoms with Gasteiger partial charge in [-0.15, -0.1) is 0 Å². The largest absolute Gasteiger partial charge is 0.311 e.